The van der Waals surface area contributed by atoms with Crippen LogP contribution in [-0.2, 0) is 22.5 Å². The molecule has 1 atom stereocenters. The van der Waals surface area contributed by atoms with E-state index in [0.29, 0.717) is 19.5 Å². The first-order chi connectivity index (χ1) is 14.0. The van der Waals surface area contributed by atoms with Crippen molar-refractivity contribution < 1.29 is 18.7 Å². The molecule has 1 aromatic carbocycles. The molecule has 0 aromatic heterocycles. The van der Waals surface area contributed by atoms with Crippen molar-refractivity contribution in [1.29, 1.82) is 0 Å². The maximum atomic E-state index is 12.9. The van der Waals surface area contributed by atoms with E-state index in [-0.39, 0.29) is 18.6 Å². The highest BCUT2D eigenvalue weighted by molar-refractivity contribution is 5.86. The lowest BCUT2D eigenvalue weighted by molar-refractivity contribution is -0.133. The molecule has 0 aliphatic heterocycles. The van der Waals surface area contributed by atoms with Crippen molar-refractivity contribution in [2.24, 2.45) is 0 Å². The molecule has 0 heterocycles. The summed E-state index contributed by atoms with van der Waals surface area (Å²) in [5.74, 6) is -0.167. The number of alkyl halides is 1. The molecule has 2 amide bonds. The molecule has 0 spiro atoms. The Morgan fingerprint density at radius 3 is 2.17 bits per heavy atom. The second kappa shape index (κ2) is 11.9. The van der Waals surface area contributed by atoms with Crippen LogP contribution in [0.25, 0.3) is 0 Å². The van der Waals surface area contributed by atoms with Crippen molar-refractivity contribution in [3.63, 3.8) is 0 Å². The fraction of sp³-hybridized carbons (Fsp3) is 0.652. The van der Waals surface area contributed by atoms with Crippen LogP contribution in [0.4, 0.5) is 9.18 Å². The third kappa shape index (κ3) is 9.11. The van der Waals surface area contributed by atoms with Gasteiger partial charge < -0.3 is 15.0 Å². The predicted octanol–water partition coefficient (Wildman–Crippen LogP) is 3.78. The van der Waals surface area contributed by atoms with Gasteiger partial charge in [-0.3, -0.25) is 9.69 Å². The fourth-order valence-electron chi connectivity index (χ4n) is 2.89. The molecule has 6 nitrogen and oxygen atoms in total. The van der Waals surface area contributed by atoms with Gasteiger partial charge in [0, 0.05) is 32.6 Å². The van der Waals surface area contributed by atoms with E-state index in [1.165, 1.54) is 0 Å². The number of alkyl carbamates (subject to hydrolysis) is 1. The summed E-state index contributed by atoms with van der Waals surface area (Å²) in [5.41, 5.74) is 1.36. The van der Waals surface area contributed by atoms with Gasteiger partial charge in [0.2, 0.25) is 5.91 Å². The van der Waals surface area contributed by atoms with Gasteiger partial charge in [-0.05, 0) is 52.3 Å². The summed E-state index contributed by atoms with van der Waals surface area (Å²) < 4.78 is 18.0. The fourth-order valence-corrected chi connectivity index (χ4v) is 2.89. The summed E-state index contributed by atoms with van der Waals surface area (Å²) in [6.45, 7) is 12.7. The molecular weight excluding hydrogens is 385 g/mol. The van der Waals surface area contributed by atoms with Crippen LogP contribution in [0.15, 0.2) is 24.3 Å². The molecule has 1 N–H and O–H groups in total. The Morgan fingerprint density at radius 1 is 1.13 bits per heavy atom. The maximum absolute atomic E-state index is 12.9. The summed E-state index contributed by atoms with van der Waals surface area (Å²) >= 11 is 0. The zero-order valence-corrected chi connectivity index (χ0v) is 19.5. The molecule has 170 valence electrons. The van der Waals surface area contributed by atoms with Crippen LogP contribution in [0.2, 0.25) is 0 Å². The number of carbonyl (C=O) groups excluding carboxylic acids is 2. The van der Waals surface area contributed by atoms with Crippen LogP contribution >= 0.6 is 0 Å². The second-order valence-corrected chi connectivity index (χ2v) is 8.82. The Morgan fingerprint density at radius 2 is 1.70 bits per heavy atom. The molecule has 1 aromatic rings. The first kappa shape index (κ1) is 25.9. The van der Waals surface area contributed by atoms with Gasteiger partial charge in [0.05, 0.1) is 0 Å². The van der Waals surface area contributed by atoms with Crippen LogP contribution in [0.1, 0.15) is 52.7 Å². The number of nitrogens with one attached hydrogen (secondary N) is 1. The molecule has 0 radical (unpaired) electrons. The monoisotopic (exact) mass is 423 g/mol. The van der Waals surface area contributed by atoms with Crippen LogP contribution in [0.3, 0.4) is 0 Å². The number of ether oxygens (including phenoxy) is 1. The Kier molecular flexibility index (Phi) is 10.3. The summed E-state index contributed by atoms with van der Waals surface area (Å²) in [7, 11) is 1.73. The number of nitrogens with zero attached hydrogens (tertiary/aromatic N) is 2. The first-order valence-electron chi connectivity index (χ1n) is 10.6. The van der Waals surface area contributed by atoms with E-state index in [0.717, 1.165) is 17.7 Å². The Labute approximate surface area is 180 Å². The van der Waals surface area contributed by atoms with Gasteiger partial charge in [-0.1, -0.05) is 31.2 Å². The molecule has 0 bridgehead atoms. The average Bonchev–Trinajstić information content (AvgIpc) is 2.65. The Hall–Kier alpha value is -2.15. The van der Waals surface area contributed by atoms with Crippen LogP contribution < -0.4 is 5.32 Å². The average molecular weight is 424 g/mol. The van der Waals surface area contributed by atoms with Crippen molar-refractivity contribution >= 4 is 12.0 Å². The van der Waals surface area contributed by atoms with Gasteiger partial charge in [0.1, 0.15) is 18.3 Å². The quantitative estimate of drug-likeness (QED) is 0.622. The molecular formula is C23H38FN3O3. The van der Waals surface area contributed by atoms with Gasteiger partial charge >= 0.3 is 6.09 Å². The molecule has 0 saturated heterocycles. The molecule has 1 unspecified atom stereocenters. The maximum Gasteiger partial charge on any atom is 0.408 e. The SMILES string of the molecule is CCN(CCF)Cc1ccc(CC(NC(=O)OC(C)(C)C)C(=O)N(C)C(C)C)cc1. The van der Waals surface area contributed by atoms with Crippen molar-refractivity contribution in [3.8, 4) is 0 Å². The van der Waals surface area contributed by atoms with E-state index in [1.807, 2.05) is 49.9 Å². The topological polar surface area (TPSA) is 61.9 Å². The van der Waals surface area contributed by atoms with E-state index >= 15 is 0 Å². The second-order valence-electron chi connectivity index (χ2n) is 8.82. The largest absolute Gasteiger partial charge is 0.444 e. The zero-order chi connectivity index (χ0) is 22.9. The van der Waals surface area contributed by atoms with Crippen molar-refractivity contribution in [2.45, 2.75) is 72.2 Å². The van der Waals surface area contributed by atoms with E-state index in [9.17, 15) is 14.0 Å². The molecule has 0 fully saturated rings. The van der Waals surface area contributed by atoms with E-state index in [1.54, 1.807) is 32.7 Å². The molecule has 0 saturated carbocycles. The van der Waals surface area contributed by atoms with Crippen molar-refractivity contribution in [3.05, 3.63) is 35.4 Å². The number of hydrogen-bond donors (Lipinski definition) is 1. The summed E-state index contributed by atoms with van der Waals surface area (Å²) in [4.78, 5) is 28.9. The summed E-state index contributed by atoms with van der Waals surface area (Å²) in [5, 5.41) is 2.73. The van der Waals surface area contributed by atoms with Crippen LogP contribution in [-0.4, -0.2) is 66.3 Å². The summed E-state index contributed by atoms with van der Waals surface area (Å²) in [6.07, 6.45) is -0.253. The van der Waals surface area contributed by atoms with Gasteiger partial charge in [-0.25, -0.2) is 9.18 Å². The smallest absolute Gasteiger partial charge is 0.408 e. The normalized spacial score (nSPS) is 12.7. The number of halogens is 1. The minimum atomic E-state index is -0.725. The van der Waals surface area contributed by atoms with Gasteiger partial charge in [-0.2, -0.15) is 0 Å². The van der Waals surface area contributed by atoms with E-state index in [2.05, 4.69) is 5.32 Å². The van der Waals surface area contributed by atoms with Crippen LogP contribution in [0.5, 0.6) is 0 Å². The highest BCUT2D eigenvalue weighted by Gasteiger charge is 2.27. The number of carbonyl (C=O) groups is 2. The minimum Gasteiger partial charge on any atom is -0.444 e. The van der Waals surface area contributed by atoms with Gasteiger partial charge in [0.25, 0.3) is 0 Å². The van der Waals surface area contributed by atoms with Gasteiger partial charge in [-0.15, -0.1) is 0 Å². The zero-order valence-electron chi connectivity index (χ0n) is 19.5. The Bertz CT molecular complexity index is 671. The molecule has 30 heavy (non-hydrogen) atoms. The predicted molar refractivity (Wildman–Crippen MR) is 118 cm³/mol. The first-order valence-corrected chi connectivity index (χ1v) is 10.6. The van der Waals surface area contributed by atoms with Crippen molar-refractivity contribution in [1.82, 2.24) is 15.1 Å². The van der Waals surface area contributed by atoms with E-state index in [4.69, 9.17) is 4.74 Å². The summed E-state index contributed by atoms with van der Waals surface area (Å²) in [6, 6.07) is 7.15. The number of benzene rings is 1. The lowest BCUT2D eigenvalue weighted by atomic mass is 10.0. The Balaban J connectivity index is 2.92. The lowest BCUT2D eigenvalue weighted by Crippen LogP contribution is -2.51. The molecule has 0 aliphatic carbocycles. The van der Waals surface area contributed by atoms with Gasteiger partial charge in [0.15, 0.2) is 0 Å². The molecule has 1 rings (SSSR count). The van der Waals surface area contributed by atoms with Crippen molar-refractivity contribution in [2.75, 3.05) is 26.8 Å². The molecule has 0 aliphatic rings. The minimum absolute atomic E-state index is 0.0124. The standard InChI is InChI=1S/C23H38FN3O3/c1-8-27(14-13-24)16-19-11-9-18(10-12-19)15-20(21(28)26(7)17(2)3)25-22(29)30-23(4,5)6/h9-12,17,20H,8,13-16H2,1-7H3,(H,25,29). The van der Waals surface area contributed by atoms with Crippen LogP contribution in [0, 0.1) is 0 Å². The third-order valence-electron chi connectivity index (χ3n) is 4.83. The highest BCUT2D eigenvalue weighted by atomic mass is 19.1. The molecule has 7 heteroatoms. The highest BCUT2D eigenvalue weighted by Crippen LogP contribution is 2.13. The number of rotatable bonds is 10. The number of amides is 2. The lowest BCUT2D eigenvalue weighted by Gasteiger charge is -2.28. The number of likely N-dealkylation sites (N-methyl/N-ethyl adjacent to an activating group) is 1. The van der Waals surface area contributed by atoms with E-state index < -0.39 is 17.7 Å². The third-order valence-corrected chi connectivity index (χ3v) is 4.83. The number of hydrogen-bond acceptors (Lipinski definition) is 4.